The quantitative estimate of drug-likeness (QED) is 0.465. The van der Waals surface area contributed by atoms with Gasteiger partial charge in [-0.2, -0.15) is 0 Å². The zero-order chi connectivity index (χ0) is 19.8. The van der Waals surface area contributed by atoms with Crippen LogP contribution < -0.4 is 14.8 Å². The molecular weight excluding hydrogens is 360 g/mol. The highest BCUT2D eigenvalue weighted by Crippen LogP contribution is 2.44. The van der Waals surface area contributed by atoms with Gasteiger partial charge in [-0.15, -0.1) is 0 Å². The number of benzene rings is 3. The van der Waals surface area contributed by atoms with Gasteiger partial charge in [-0.3, -0.25) is 0 Å². The standard InChI is InChI=1S/C25H26N2O2/c1-17(2)26-14-15-28-22-12-7-11-20-24(22)19-10-6-13-23-25(19)27(20)21(16-29-23)18-8-4-3-5-9-18/h3-13,17,21,26H,14-16H2,1-2H3. The van der Waals surface area contributed by atoms with Crippen molar-refractivity contribution in [2.24, 2.45) is 0 Å². The molecule has 1 unspecified atom stereocenters. The highest BCUT2D eigenvalue weighted by Gasteiger charge is 2.28. The van der Waals surface area contributed by atoms with E-state index in [1.54, 1.807) is 0 Å². The van der Waals surface area contributed by atoms with Gasteiger partial charge in [0, 0.05) is 23.4 Å². The summed E-state index contributed by atoms with van der Waals surface area (Å²) in [7, 11) is 0. The van der Waals surface area contributed by atoms with Crippen molar-refractivity contribution in [2.45, 2.75) is 25.9 Å². The maximum Gasteiger partial charge on any atom is 0.143 e. The number of para-hydroxylation sites is 1. The maximum atomic E-state index is 6.22. The van der Waals surface area contributed by atoms with E-state index in [1.807, 2.05) is 0 Å². The van der Waals surface area contributed by atoms with Crippen LogP contribution in [-0.4, -0.2) is 30.4 Å². The summed E-state index contributed by atoms with van der Waals surface area (Å²) in [6.45, 7) is 6.39. The average molecular weight is 386 g/mol. The second-order valence-electron chi connectivity index (χ2n) is 7.87. The van der Waals surface area contributed by atoms with Crippen LogP contribution in [0.3, 0.4) is 0 Å². The Morgan fingerprint density at radius 1 is 1.03 bits per heavy atom. The third-order valence-corrected chi connectivity index (χ3v) is 5.58. The molecule has 1 N–H and O–H groups in total. The molecule has 148 valence electrons. The van der Waals surface area contributed by atoms with E-state index in [-0.39, 0.29) is 6.04 Å². The Morgan fingerprint density at radius 3 is 2.69 bits per heavy atom. The fourth-order valence-electron chi connectivity index (χ4n) is 4.32. The Labute approximate surface area is 171 Å². The molecule has 0 saturated carbocycles. The van der Waals surface area contributed by atoms with Gasteiger partial charge in [0.15, 0.2) is 0 Å². The van der Waals surface area contributed by atoms with Gasteiger partial charge in [-0.25, -0.2) is 0 Å². The van der Waals surface area contributed by atoms with Gasteiger partial charge in [-0.1, -0.05) is 62.4 Å². The molecule has 4 nitrogen and oxygen atoms in total. The molecule has 1 aliphatic heterocycles. The molecule has 0 fully saturated rings. The van der Waals surface area contributed by atoms with Crippen LogP contribution in [0.25, 0.3) is 21.8 Å². The van der Waals surface area contributed by atoms with Gasteiger partial charge in [0.05, 0.1) is 17.1 Å². The predicted octanol–water partition coefficient (Wildman–Crippen LogP) is 5.15. The van der Waals surface area contributed by atoms with Crippen LogP contribution in [0.4, 0.5) is 0 Å². The van der Waals surface area contributed by atoms with Gasteiger partial charge < -0.3 is 19.4 Å². The summed E-state index contributed by atoms with van der Waals surface area (Å²) >= 11 is 0. The number of nitrogens with zero attached hydrogens (tertiary/aromatic N) is 1. The lowest BCUT2D eigenvalue weighted by Gasteiger charge is -2.27. The first-order valence-electron chi connectivity index (χ1n) is 10.3. The number of fused-ring (bicyclic) bond motifs is 3. The van der Waals surface area contributed by atoms with Crippen LogP contribution in [0.2, 0.25) is 0 Å². The SMILES string of the molecule is CC(C)NCCOc1cccc2c1c1cccc3c1n2C(c1ccccc1)CO3. The van der Waals surface area contributed by atoms with Crippen molar-refractivity contribution in [1.29, 1.82) is 0 Å². The summed E-state index contributed by atoms with van der Waals surface area (Å²) < 4.78 is 14.8. The minimum absolute atomic E-state index is 0.143. The first kappa shape index (κ1) is 18.1. The molecule has 29 heavy (non-hydrogen) atoms. The highest BCUT2D eigenvalue weighted by molar-refractivity contribution is 6.13. The molecular formula is C25H26N2O2. The van der Waals surface area contributed by atoms with E-state index in [0.29, 0.717) is 19.3 Å². The van der Waals surface area contributed by atoms with Gasteiger partial charge >= 0.3 is 0 Å². The zero-order valence-electron chi connectivity index (χ0n) is 16.9. The van der Waals surface area contributed by atoms with Crippen molar-refractivity contribution >= 4 is 21.8 Å². The summed E-state index contributed by atoms with van der Waals surface area (Å²) in [6, 6.07) is 23.9. The molecule has 1 aromatic heterocycles. The molecule has 0 spiro atoms. The van der Waals surface area contributed by atoms with Crippen LogP contribution in [0.1, 0.15) is 25.5 Å². The summed E-state index contributed by atoms with van der Waals surface area (Å²) in [6.07, 6.45) is 0. The predicted molar refractivity (Wildman–Crippen MR) is 118 cm³/mol. The summed E-state index contributed by atoms with van der Waals surface area (Å²) in [5.74, 6) is 1.88. The lowest BCUT2D eigenvalue weighted by Crippen LogP contribution is -2.27. The van der Waals surface area contributed by atoms with Gasteiger partial charge in [0.2, 0.25) is 0 Å². The zero-order valence-corrected chi connectivity index (χ0v) is 16.9. The molecule has 2 heterocycles. The van der Waals surface area contributed by atoms with E-state index >= 15 is 0 Å². The molecule has 1 aliphatic rings. The minimum atomic E-state index is 0.143. The lowest BCUT2D eigenvalue weighted by molar-refractivity contribution is 0.262. The molecule has 0 amide bonds. The number of aromatic nitrogens is 1. The van der Waals surface area contributed by atoms with E-state index in [1.165, 1.54) is 21.9 Å². The highest BCUT2D eigenvalue weighted by atomic mass is 16.5. The average Bonchev–Trinajstić information content (AvgIpc) is 3.09. The molecule has 0 radical (unpaired) electrons. The third-order valence-electron chi connectivity index (χ3n) is 5.58. The number of nitrogens with one attached hydrogen (secondary N) is 1. The van der Waals surface area contributed by atoms with Crippen molar-refractivity contribution in [1.82, 2.24) is 9.88 Å². The molecule has 0 saturated heterocycles. The van der Waals surface area contributed by atoms with Crippen molar-refractivity contribution in [3.63, 3.8) is 0 Å². The van der Waals surface area contributed by atoms with Gasteiger partial charge in [0.1, 0.15) is 24.7 Å². The largest absolute Gasteiger partial charge is 0.492 e. The summed E-state index contributed by atoms with van der Waals surface area (Å²) in [4.78, 5) is 0. The first-order valence-corrected chi connectivity index (χ1v) is 10.3. The van der Waals surface area contributed by atoms with E-state index < -0.39 is 0 Å². The van der Waals surface area contributed by atoms with Crippen molar-refractivity contribution in [3.8, 4) is 11.5 Å². The second kappa shape index (κ2) is 7.45. The fraction of sp³-hybridized carbons (Fsp3) is 0.280. The Balaban J connectivity index is 1.65. The Kier molecular flexibility index (Phi) is 4.64. The van der Waals surface area contributed by atoms with Crippen LogP contribution in [0.5, 0.6) is 11.5 Å². The molecule has 3 aromatic carbocycles. The Bertz CT molecular complexity index is 1150. The van der Waals surface area contributed by atoms with Crippen molar-refractivity contribution in [3.05, 3.63) is 72.3 Å². The Morgan fingerprint density at radius 2 is 1.86 bits per heavy atom. The molecule has 1 atom stereocenters. The Hall–Kier alpha value is -2.98. The van der Waals surface area contributed by atoms with Crippen LogP contribution >= 0.6 is 0 Å². The molecule has 4 aromatic rings. The van der Waals surface area contributed by atoms with Crippen molar-refractivity contribution in [2.75, 3.05) is 19.8 Å². The molecule has 0 bridgehead atoms. The van der Waals surface area contributed by atoms with Gasteiger partial charge in [0.25, 0.3) is 0 Å². The topological polar surface area (TPSA) is 35.4 Å². The second-order valence-corrected chi connectivity index (χ2v) is 7.87. The van der Waals surface area contributed by atoms with E-state index in [0.717, 1.165) is 23.6 Å². The maximum absolute atomic E-state index is 6.22. The fourth-order valence-corrected chi connectivity index (χ4v) is 4.32. The monoisotopic (exact) mass is 386 g/mol. The molecule has 0 aliphatic carbocycles. The number of ether oxygens (including phenoxy) is 2. The van der Waals surface area contributed by atoms with Crippen molar-refractivity contribution < 1.29 is 9.47 Å². The number of hydrogen-bond donors (Lipinski definition) is 1. The number of hydrogen-bond acceptors (Lipinski definition) is 3. The molecule has 4 heteroatoms. The minimum Gasteiger partial charge on any atom is -0.492 e. The molecule has 5 rings (SSSR count). The van der Waals surface area contributed by atoms with E-state index in [2.05, 4.69) is 90.5 Å². The van der Waals surface area contributed by atoms with Crippen LogP contribution in [0, 0.1) is 0 Å². The third kappa shape index (κ3) is 3.14. The summed E-state index contributed by atoms with van der Waals surface area (Å²) in [5, 5.41) is 5.77. The van der Waals surface area contributed by atoms with E-state index in [9.17, 15) is 0 Å². The smallest absolute Gasteiger partial charge is 0.143 e. The van der Waals surface area contributed by atoms with Gasteiger partial charge in [-0.05, 0) is 23.8 Å². The number of rotatable bonds is 6. The first-order chi connectivity index (χ1) is 14.2. The van der Waals surface area contributed by atoms with Crippen LogP contribution in [-0.2, 0) is 0 Å². The lowest BCUT2D eigenvalue weighted by atomic mass is 10.1. The van der Waals surface area contributed by atoms with Crippen LogP contribution in [0.15, 0.2) is 66.7 Å². The normalized spacial score (nSPS) is 15.8. The van der Waals surface area contributed by atoms with E-state index in [4.69, 9.17) is 9.47 Å². The summed E-state index contributed by atoms with van der Waals surface area (Å²) in [5.41, 5.74) is 3.60.